The average molecular weight is 302 g/mol. The normalized spacial score (nSPS) is 22.2. The molecule has 0 bridgehead atoms. The predicted octanol–water partition coefficient (Wildman–Crippen LogP) is 0.922. The number of fused-ring (bicyclic) bond motifs is 1. The van der Waals surface area contributed by atoms with E-state index in [0.717, 1.165) is 16.5 Å². The summed E-state index contributed by atoms with van der Waals surface area (Å²) in [6, 6.07) is 8.04. The molecule has 0 aliphatic carbocycles. The van der Waals surface area contributed by atoms with Gasteiger partial charge in [-0.15, -0.1) is 0 Å². The highest BCUT2D eigenvalue weighted by Crippen LogP contribution is 2.23. The number of aromatic nitrogens is 1. The fourth-order valence-electron chi connectivity index (χ4n) is 3.26. The van der Waals surface area contributed by atoms with Crippen molar-refractivity contribution in [2.24, 2.45) is 13.0 Å². The van der Waals surface area contributed by atoms with Crippen molar-refractivity contribution >= 4 is 16.8 Å². The fourth-order valence-corrected chi connectivity index (χ4v) is 3.26. The highest BCUT2D eigenvalue weighted by atomic mass is 16.3. The van der Waals surface area contributed by atoms with Gasteiger partial charge in [-0.3, -0.25) is 4.79 Å². The van der Waals surface area contributed by atoms with Gasteiger partial charge in [0, 0.05) is 49.8 Å². The lowest BCUT2D eigenvalue weighted by Crippen LogP contribution is -2.48. The maximum atomic E-state index is 12.5. The van der Waals surface area contributed by atoms with E-state index in [1.807, 2.05) is 42.1 Å². The van der Waals surface area contributed by atoms with Gasteiger partial charge in [-0.05, 0) is 18.1 Å². The molecule has 2 aromatic rings. The maximum absolute atomic E-state index is 12.5. The number of rotatable bonds is 3. The number of β-amino-alcohol motifs (C(OH)–C–C–N with tert-alkyl or cyclic N) is 1. The van der Waals surface area contributed by atoms with E-state index in [2.05, 4.69) is 0 Å². The number of carbonyl (C=O) groups excluding carboxylic acids is 1. The van der Waals surface area contributed by atoms with Crippen LogP contribution in [0.25, 0.3) is 10.9 Å². The van der Waals surface area contributed by atoms with Gasteiger partial charge in [0.25, 0.3) is 0 Å². The summed E-state index contributed by atoms with van der Waals surface area (Å²) in [5, 5.41) is 20.2. The Bertz CT molecular complexity index is 680. The third kappa shape index (κ3) is 2.74. The summed E-state index contributed by atoms with van der Waals surface area (Å²) in [6.45, 7) is 0.896. The number of hydrogen-bond acceptors (Lipinski definition) is 3. The molecule has 3 rings (SSSR count). The van der Waals surface area contributed by atoms with Gasteiger partial charge in [-0.25, -0.2) is 0 Å². The minimum atomic E-state index is -0.629. The first-order valence-corrected chi connectivity index (χ1v) is 7.69. The summed E-state index contributed by atoms with van der Waals surface area (Å²) in [6.07, 6.45) is 2.37. The largest absolute Gasteiger partial charge is 0.396 e. The van der Waals surface area contributed by atoms with E-state index in [4.69, 9.17) is 0 Å². The molecule has 2 heterocycles. The molecule has 1 fully saturated rings. The van der Waals surface area contributed by atoms with E-state index >= 15 is 0 Å². The smallest absolute Gasteiger partial charge is 0.227 e. The Hall–Kier alpha value is -1.85. The van der Waals surface area contributed by atoms with Crippen LogP contribution in [0.15, 0.2) is 30.5 Å². The third-order valence-electron chi connectivity index (χ3n) is 4.63. The van der Waals surface area contributed by atoms with Crippen LogP contribution in [0.1, 0.15) is 12.0 Å². The van der Waals surface area contributed by atoms with Gasteiger partial charge < -0.3 is 19.7 Å². The molecule has 5 nitrogen and oxygen atoms in total. The van der Waals surface area contributed by atoms with Gasteiger partial charge in [0.2, 0.25) is 5.91 Å². The zero-order valence-corrected chi connectivity index (χ0v) is 12.8. The Kier molecular flexibility index (Phi) is 4.18. The van der Waals surface area contributed by atoms with Crippen LogP contribution in [-0.2, 0) is 18.3 Å². The van der Waals surface area contributed by atoms with E-state index in [1.165, 1.54) is 0 Å². The van der Waals surface area contributed by atoms with Crippen LogP contribution in [-0.4, -0.2) is 51.4 Å². The molecule has 2 N–H and O–H groups in total. The van der Waals surface area contributed by atoms with Gasteiger partial charge in [-0.1, -0.05) is 18.2 Å². The zero-order chi connectivity index (χ0) is 15.7. The van der Waals surface area contributed by atoms with Crippen molar-refractivity contribution in [1.82, 2.24) is 9.47 Å². The molecule has 1 aromatic carbocycles. The Morgan fingerprint density at radius 1 is 1.36 bits per heavy atom. The Morgan fingerprint density at radius 3 is 2.86 bits per heavy atom. The van der Waals surface area contributed by atoms with Gasteiger partial charge in [0.15, 0.2) is 0 Å². The quantitative estimate of drug-likeness (QED) is 0.886. The van der Waals surface area contributed by atoms with Crippen LogP contribution in [0.2, 0.25) is 0 Å². The zero-order valence-electron chi connectivity index (χ0n) is 12.8. The van der Waals surface area contributed by atoms with Crippen molar-refractivity contribution in [3.63, 3.8) is 0 Å². The molecule has 118 valence electrons. The van der Waals surface area contributed by atoms with E-state index < -0.39 is 6.10 Å². The average Bonchev–Trinajstić information content (AvgIpc) is 2.84. The minimum absolute atomic E-state index is 0.0213. The van der Waals surface area contributed by atoms with Crippen LogP contribution in [0.4, 0.5) is 0 Å². The third-order valence-corrected chi connectivity index (χ3v) is 4.63. The molecule has 1 amide bonds. The molecule has 0 spiro atoms. The van der Waals surface area contributed by atoms with Crippen LogP contribution in [0, 0.1) is 5.92 Å². The van der Waals surface area contributed by atoms with Crippen molar-refractivity contribution in [2.45, 2.75) is 18.9 Å². The second-order valence-corrected chi connectivity index (χ2v) is 6.10. The first-order chi connectivity index (χ1) is 10.6. The molecule has 1 aliphatic rings. The summed E-state index contributed by atoms with van der Waals surface area (Å²) >= 11 is 0. The minimum Gasteiger partial charge on any atom is -0.396 e. The van der Waals surface area contributed by atoms with Gasteiger partial charge in [0.05, 0.1) is 12.5 Å². The molecule has 2 atom stereocenters. The van der Waals surface area contributed by atoms with E-state index in [9.17, 15) is 15.0 Å². The number of aliphatic hydroxyl groups is 2. The van der Waals surface area contributed by atoms with Crippen molar-refractivity contribution in [2.75, 3.05) is 19.7 Å². The lowest BCUT2D eigenvalue weighted by Gasteiger charge is -2.35. The molecule has 1 aromatic heterocycles. The number of nitrogens with zero attached hydrogens (tertiary/aromatic N) is 2. The van der Waals surface area contributed by atoms with Crippen molar-refractivity contribution in [3.8, 4) is 0 Å². The number of para-hydroxylation sites is 1. The lowest BCUT2D eigenvalue weighted by molar-refractivity contribution is -0.135. The fraction of sp³-hybridized carbons (Fsp3) is 0.471. The van der Waals surface area contributed by atoms with Gasteiger partial charge in [0.1, 0.15) is 0 Å². The van der Waals surface area contributed by atoms with Crippen molar-refractivity contribution < 1.29 is 15.0 Å². The molecule has 1 saturated heterocycles. The van der Waals surface area contributed by atoms with Crippen LogP contribution < -0.4 is 0 Å². The molecular formula is C17H22N2O3. The summed E-state index contributed by atoms with van der Waals surface area (Å²) in [7, 11) is 1.98. The standard InChI is InChI=1S/C17H22N2O3/c1-18-9-13(14-4-2-3-5-15(14)18)8-17(22)19-7-6-12(11-20)16(21)10-19/h2-5,9,12,16,20-21H,6-8,10-11H2,1H3/t12-,16-/m1/s1. The first-order valence-electron chi connectivity index (χ1n) is 7.69. The summed E-state index contributed by atoms with van der Waals surface area (Å²) in [4.78, 5) is 14.2. The number of aryl methyl sites for hydroxylation is 1. The molecule has 0 unspecified atom stereocenters. The van der Waals surface area contributed by atoms with E-state index in [1.54, 1.807) is 4.90 Å². The SMILES string of the molecule is Cn1cc(CC(=O)N2CC[C@H](CO)[C@H](O)C2)c2ccccc21. The number of aliphatic hydroxyl groups excluding tert-OH is 2. The second kappa shape index (κ2) is 6.10. The molecule has 22 heavy (non-hydrogen) atoms. The number of likely N-dealkylation sites (tertiary alicyclic amines) is 1. The number of benzene rings is 1. The van der Waals surface area contributed by atoms with E-state index in [-0.39, 0.29) is 18.4 Å². The van der Waals surface area contributed by atoms with Gasteiger partial charge >= 0.3 is 0 Å². The number of piperidine rings is 1. The first kappa shape index (κ1) is 15.1. The van der Waals surface area contributed by atoms with Crippen LogP contribution >= 0.6 is 0 Å². The molecular weight excluding hydrogens is 280 g/mol. The van der Waals surface area contributed by atoms with Crippen LogP contribution in [0.3, 0.4) is 0 Å². The monoisotopic (exact) mass is 302 g/mol. The Morgan fingerprint density at radius 2 is 2.14 bits per heavy atom. The van der Waals surface area contributed by atoms with Crippen LogP contribution in [0.5, 0.6) is 0 Å². The lowest BCUT2D eigenvalue weighted by atomic mass is 9.94. The topological polar surface area (TPSA) is 65.7 Å². The highest BCUT2D eigenvalue weighted by molar-refractivity contribution is 5.89. The highest BCUT2D eigenvalue weighted by Gasteiger charge is 2.29. The number of carbonyl (C=O) groups is 1. The predicted molar refractivity (Wildman–Crippen MR) is 84.4 cm³/mol. The van der Waals surface area contributed by atoms with Gasteiger partial charge in [-0.2, -0.15) is 0 Å². The molecule has 5 heteroatoms. The maximum Gasteiger partial charge on any atom is 0.227 e. The molecule has 0 radical (unpaired) electrons. The Labute approximate surface area is 129 Å². The summed E-state index contributed by atoms with van der Waals surface area (Å²) in [5.74, 6) is -0.0756. The number of hydrogen-bond donors (Lipinski definition) is 2. The van der Waals surface area contributed by atoms with Crippen molar-refractivity contribution in [1.29, 1.82) is 0 Å². The Balaban J connectivity index is 1.74. The summed E-state index contributed by atoms with van der Waals surface area (Å²) in [5.41, 5.74) is 2.13. The van der Waals surface area contributed by atoms with E-state index in [0.29, 0.717) is 25.9 Å². The molecule has 1 aliphatic heterocycles. The molecule has 0 saturated carbocycles. The van der Waals surface area contributed by atoms with Crippen molar-refractivity contribution in [3.05, 3.63) is 36.0 Å². The summed E-state index contributed by atoms with van der Waals surface area (Å²) < 4.78 is 2.03. The number of amides is 1. The second-order valence-electron chi connectivity index (χ2n) is 6.10.